The molecule has 0 fully saturated rings. The molecule has 0 bridgehead atoms. The van der Waals surface area contributed by atoms with Crippen LogP contribution in [0.15, 0.2) is 0 Å². The molecular formula is C8H16N2O4. The van der Waals surface area contributed by atoms with E-state index in [2.05, 4.69) is 10.3 Å². The molecule has 0 aliphatic heterocycles. The lowest BCUT2D eigenvalue weighted by atomic mass is 10.3. The molecule has 0 rings (SSSR count). The van der Waals surface area contributed by atoms with E-state index < -0.39 is 11.9 Å². The van der Waals surface area contributed by atoms with Crippen molar-refractivity contribution >= 4 is 11.9 Å². The molecule has 0 spiro atoms. The minimum absolute atomic E-state index is 0.112. The fourth-order valence-electron chi connectivity index (χ4n) is 0.733. The van der Waals surface area contributed by atoms with Crippen LogP contribution in [0.4, 0.5) is 0 Å². The Kier molecular flexibility index (Phi) is 7.77. The van der Waals surface area contributed by atoms with Crippen LogP contribution in [0.3, 0.4) is 0 Å². The van der Waals surface area contributed by atoms with Crippen LogP contribution in [0, 0.1) is 0 Å². The number of carbonyl (C=O) groups excluding carboxylic acids is 1. The third-order valence-corrected chi connectivity index (χ3v) is 1.46. The number of nitrogens with two attached hydrogens (primary N) is 1. The summed E-state index contributed by atoms with van der Waals surface area (Å²) in [6.45, 7) is 1.14. The first-order valence-corrected chi connectivity index (χ1v) is 4.51. The van der Waals surface area contributed by atoms with E-state index in [0.29, 0.717) is 13.1 Å². The van der Waals surface area contributed by atoms with Gasteiger partial charge in [0.25, 0.3) is 0 Å². The van der Waals surface area contributed by atoms with Gasteiger partial charge in [-0.3, -0.25) is 9.59 Å². The first-order valence-electron chi connectivity index (χ1n) is 4.51. The van der Waals surface area contributed by atoms with Crippen molar-refractivity contribution in [2.24, 2.45) is 5.73 Å². The average molecular weight is 204 g/mol. The van der Waals surface area contributed by atoms with Crippen LogP contribution in [0.5, 0.6) is 0 Å². The molecule has 0 radical (unpaired) electrons. The number of rotatable bonds is 8. The summed E-state index contributed by atoms with van der Waals surface area (Å²) < 4.78 is 0. The summed E-state index contributed by atoms with van der Waals surface area (Å²) in [5.74, 6) is -1.56. The van der Waals surface area contributed by atoms with Crippen molar-refractivity contribution in [2.75, 3.05) is 13.1 Å². The van der Waals surface area contributed by atoms with Crippen LogP contribution in [0.2, 0.25) is 0 Å². The van der Waals surface area contributed by atoms with Crippen molar-refractivity contribution in [3.8, 4) is 0 Å². The molecule has 0 atom stereocenters. The van der Waals surface area contributed by atoms with Gasteiger partial charge in [-0.05, 0) is 19.4 Å². The van der Waals surface area contributed by atoms with Gasteiger partial charge in [-0.25, -0.2) is 0 Å². The van der Waals surface area contributed by atoms with Gasteiger partial charge in [-0.2, -0.15) is 5.48 Å². The van der Waals surface area contributed by atoms with Gasteiger partial charge in [0, 0.05) is 6.54 Å². The van der Waals surface area contributed by atoms with Crippen LogP contribution >= 0.6 is 0 Å². The summed E-state index contributed by atoms with van der Waals surface area (Å²) in [4.78, 5) is 25.4. The van der Waals surface area contributed by atoms with E-state index in [0.717, 1.165) is 12.8 Å². The summed E-state index contributed by atoms with van der Waals surface area (Å²) in [6.07, 6.45) is 1.37. The second-order valence-electron chi connectivity index (χ2n) is 2.76. The molecular weight excluding hydrogens is 188 g/mol. The van der Waals surface area contributed by atoms with Gasteiger partial charge < -0.3 is 15.7 Å². The average Bonchev–Trinajstić information content (AvgIpc) is 2.14. The molecule has 6 heteroatoms. The van der Waals surface area contributed by atoms with Crippen molar-refractivity contribution < 1.29 is 19.5 Å². The van der Waals surface area contributed by atoms with Crippen molar-refractivity contribution in [3.63, 3.8) is 0 Å². The van der Waals surface area contributed by atoms with E-state index in [1.165, 1.54) is 0 Å². The highest BCUT2D eigenvalue weighted by molar-refractivity contribution is 5.76. The van der Waals surface area contributed by atoms with E-state index in [4.69, 9.17) is 10.8 Å². The maximum absolute atomic E-state index is 10.8. The van der Waals surface area contributed by atoms with Gasteiger partial charge in [-0.1, -0.05) is 0 Å². The highest BCUT2D eigenvalue weighted by Crippen LogP contribution is 1.91. The van der Waals surface area contributed by atoms with Crippen LogP contribution < -0.4 is 11.2 Å². The van der Waals surface area contributed by atoms with Crippen molar-refractivity contribution in [2.45, 2.75) is 25.7 Å². The topological polar surface area (TPSA) is 102 Å². The number of unbranched alkanes of at least 4 members (excludes halogenated alkanes) is 1. The molecule has 0 heterocycles. The first kappa shape index (κ1) is 12.9. The van der Waals surface area contributed by atoms with Gasteiger partial charge in [0.1, 0.15) is 0 Å². The predicted octanol–water partition coefficient (Wildman–Crippen LogP) is -0.362. The van der Waals surface area contributed by atoms with Crippen LogP contribution in [0.25, 0.3) is 0 Å². The number of hydroxylamine groups is 1. The molecule has 14 heavy (non-hydrogen) atoms. The zero-order valence-electron chi connectivity index (χ0n) is 7.99. The Morgan fingerprint density at radius 3 is 2.57 bits per heavy atom. The number of aliphatic carboxylic acids is 1. The second kappa shape index (κ2) is 8.46. The third-order valence-electron chi connectivity index (χ3n) is 1.46. The Morgan fingerprint density at radius 2 is 2.00 bits per heavy atom. The summed E-state index contributed by atoms with van der Waals surface area (Å²) >= 11 is 0. The Balaban J connectivity index is 3.22. The summed E-state index contributed by atoms with van der Waals surface area (Å²) in [7, 11) is 0. The highest BCUT2D eigenvalue weighted by Gasteiger charge is 2.05. The molecule has 0 saturated carbocycles. The second-order valence-corrected chi connectivity index (χ2v) is 2.76. The van der Waals surface area contributed by atoms with E-state index in [1.807, 2.05) is 0 Å². The van der Waals surface area contributed by atoms with Gasteiger partial charge in [0.2, 0.25) is 0 Å². The largest absolute Gasteiger partial charge is 0.481 e. The Morgan fingerprint density at radius 1 is 1.29 bits per heavy atom. The number of nitrogens with one attached hydrogen (secondary N) is 1. The van der Waals surface area contributed by atoms with Crippen molar-refractivity contribution in [3.05, 3.63) is 0 Å². The standard InChI is InChI=1S/C8H16N2O4/c9-5-1-2-6-10-14-8(13)4-3-7(11)12/h10H,1-6,9H2,(H,11,12). The predicted molar refractivity (Wildman–Crippen MR) is 49.3 cm³/mol. The maximum Gasteiger partial charge on any atom is 0.325 e. The van der Waals surface area contributed by atoms with E-state index >= 15 is 0 Å². The lowest BCUT2D eigenvalue weighted by Gasteiger charge is -2.03. The summed E-state index contributed by atoms with van der Waals surface area (Å²) in [5.41, 5.74) is 7.70. The molecule has 6 nitrogen and oxygen atoms in total. The maximum atomic E-state index is 10.8. The smallest absolute Gasteiger partial charge is 0.325 e. The number of hydrogen-bond acceptors (Lipinski definition) is 5. The Bertz CT molecular complexity index is 184. The Labute approximate surface area is 82.4 Å². The van der Waals surface area contributed by atoms with Gasteiger partial charge in [0.05, 0.1) is 12.8 Å². The van der Waals surface area contributed by atoms with E-state index in [1.54, 1.807) is 0 Å². The fraction of sp³-hybridized carbons (Fsp3) is 0.750. The van der Waals surface area contributed by atoms with Crippen LogP contribution in [-0.2, 0) is 14.4 Å². The number of carbonyl (C=O) groups is 2. The fourth-order valence-corrected chi connectivity index (χ4v) is 0.733. The molecule has 0 aliphatic rings. The quantitative estimate of drug-likeness (QED) is 0.368. The molecule has 0 saturated heterocycles. The first-order chi connectivity index (χ1) is 6.66. The zero-order valence-corrected chi connectivity index (χ0v) is 7.99. The lowest BCUT2D eigenvalue weighted by molar-refractivity contribution is -0.153. The lowest BCUT2D eigenvalue weighted by Crippen LogP contribution is -2.22. The van der Waals surface area contributed by atoms with Crippen molar-refractivity contribution in [1.29, 1.82) is 0 Å². The highest BCUT2D eigenvalue weighted by atomic mass is 16.7. The van der Waals surface area contributed by atoms with Crippen molar-refractivity contribution in [1.82, 2.24) is 5.48 Å². The minimum Gasteiger partial charge on any atom is -0.481 e. The minimum atomic E-state index is -1.01. The zero-order chi connectivity index (χ0) is 10.8. The van der Waals surface area contributed by atoms with E-state index in [9.17, 15) is 9.59 Å². The van der Waals surface area contributed by atoms with Gasteiger partial charge in [0.15, 0.2) is 0 Å². The van der Waals surface area contributed by atoms with Crippen LogP contribution in [-0.4, -0.2) is 30.1 Å². The number of carboxylic acids is 1. The summed E-state index contributed by atoms with van der Waals surface area (Å²) in [6, 6.07) is 0. The molecule has 82 valence electrons. The van der Waals surface area contributed by atoms with Gasteiger partial charge in [-0.15, -0.1) is 0 Å². The van der Waals surface area contributed by atoms with Gasteiger partial charge >= 0.3 is 11.9 Å². The van der Waals surface area contributed by atoms with E-state index in [-0.39, 0.29) is 12.8 Å². The SMILES string of the molecule is NCCCCNOC(=O)CCC(=O)O. The molecule has 0 unspecified atom stereocenters. The number of carboxylic acid groups (broad SMARTS) is 1. The number of hydrogen-bond donors (Lipinski definition) is 3. The molecule has 0 aromatic rings. The molecule has 0 aliphatic carbocycles. The molecule has 4 N–H and O–H groups in total. The third kappa shape index (κ3) is 8.95. The van der Waals surface area contributed by atoms with Crippen LogP contribution in [0.1, 0.15) is 25.7 Å². The molecule has 0 aromatic heterocycles. The normalized spacial score (nSPS) is 9.79. The summed E-state index contributed by atoms with van der Waals surface area (Å²) in [5, 5.41) is 8.26. The monoisotopic (exact) mass is 204 g/mol. The molecule has 0 aromatic carbocycles. The molecule has 0 amide bonds. The Hall–Kier alpha value is -1.14.